The summed E-state index contributed by atoms with van der Waals surface area (Å²) in [4.78, 5) is 0. The predicted molar refractivity (Wildman–Crippen MR) is 75.6 cm³/mol. The van der Waals surface area contributed by atoms with Gasteiger partial charge < -0.3 is 5.11 Å². The quantitative estimate of drug-likeness (QED) is 0.871. The van der Waals surface area contributed by atoms with Gasteiger partial charge in [-0.05, 0) is 52.8 Å². The first-order valence-electron chi connectivity index (χ1n) is 5.43. The normalized spacial score (nSPS) is 14.6. The molecule has 1 unspecified atom stereocenters. The summed E-state index contributed by atoms with van der Waals surface area (Å²) in [5.74, 6) is 0. The van der Waals surface area contributed by atoms with Crippen LogP contribution in [0.25, 0.3) is 0 Å². The first kappa shape index (κ1) is 12.6. The summed E-state index contributed by atoms with van der Waals surface area (Å²) in [7, 11) is 1.88. The molecule has 1 heterocycles. The van der Waals surface area contributed by atoms with Gasteiger partial charge in [-0.1, -0.05) is 12.1 Å². The van der Waals surface area contributed by atoms with Gasteiger partial charge in [0.2, 0.25) is 0 Å². The summed E-state index contributed by atoms with van der Waals surface area (Å²) in [6.07, 6.45) is 4.30. The minimum atomic E-state index is -0.854. The number of nitrogens with zero attached hydrogens (tertiary/aromatic N) is 2. The Morgan fingerprint density at radius 3 is 2.53 bits per heavy atom. The first-order chi connectivity index (χ1) is 7.97. The molecule has 0 aliphatic heterocycles. The van der Waals surface area contributed by atoms with E-state index in [0.717, 1.165) is 11.1 Å². The third-order valence-electron chi connectivity index (χ3n) is 2.77. The fraction of sp³-hybridized carbons (Fsp3) is 0.308. The number of aromatic nitrogens is 2. The number of aliphatic hydroxyl groups is 1. The van der Waals surface area contributed by atoms with E-state index in [0.29, 0.717) is 6.42 Å². The summed E-state index contributed by atoms with van der Waals surface area (Å²) in [6, 6.07) is 7.96. The Balaban J connectivity index is 2.21. The van der Waals surface area contributed by atoms with Gasteiger partial charge in [0.15, 0.2) is 0 Å². The van der Waals surface area contributed by atoms with Crippen molar-refractivity contribution in [2.45, 2.75) is 18.9 Å². The van der Waals surface area contributed by atoms with Gasteiger partial charge in [-0.3, -0.25) is 4.68 Å². The molecule has 3 nitrogen and oxygen atoms in total. The van der Waals surface area contributed by atoms with E-state index in [1.54, 1.807) is 10.9 Å². The van der Waals surface area contributed by atoms with Crippen LogP contribution in [0.15, 0.2) is 36.7 Å². The summed E-state index contributed by atoms with van der Waals surface area (Å²) >= 11 is 2.26. The molecule has 90 valence electrons. The smallest absolute Gasteiger partial charge is 0.0909 e. The van der Waals surface area contributed by atoms with E-state index in [1.807, 2.05) is 44.4 Å². The van der Waals surface area contributed by atoms with Crippen LogP contribution in [0, 0.1) is 3.57 Å². The van der Waals surface area contributed by atoms with E-state index in [9.17, 15) is 5.11 Å². The maximum absolute atomic E-state index is 10.5. The van der Waals surface area contributed by atoms with Gasteiger partial charge in [-0.15, -0.1) is 0 Å². The lowest BCUT2D eigenvalue weighted by Gasteiger charge is -2.23. The van der Waals surface area contributed by atoms with Crippen LogP contribution < -0.4 is 0 Å². The lowest BCUT2D eigenvalue weighted by molar-refractivity contribution is 0.0576. The summed E-state index contributed by atoms with van der Waals surface area (Å²) in [5, 5.41) is 14.6. The maximum atomic E-state index is 10.5. The zero-order valence-electron chi connectivity index (χ0n) is 9.89. The standard InChI is InChI=1S/C13H15IN2O/c1-13(17,7-10-8-15-16(2)9-10)11-3-5-12(14)6-4-11/h3-6,8-9,17H,7H2,1-2H3. The minimum absolute atomic E-state index is 0.571. The van der Waals surface area contributed by atoms with Crippen LogP contribution in [0.1, 0.15) is 18.1 Å². The van der Waals surface area contributed by atoms with Crippen molar-refractivity contribution in [1.29, 1.82) is 0 Å². The Bertz CT molecular complexity index is 502. The van der Waals surface area contributed by atoms with E-state index in [2.05, 4.69) is 27.7 Å². The molecule has 2 rings (SSSR count). The van der Waals surface area contributed by atoms with Crippen LogP contribution in [0.2, 0.25) is 0 Å². The molecule has 17 heavy (non-hydrogen) atoms. The SMILES string of the molecule is Cn1cc(CC(C)(O)c2ccc(I)cc2)cn1. The van der Waals surface area contributed by atoms with Crippen molar-refractivity contribution in [3.63, 3.8) is 0 Å². The van der Waals surface area contributed by atoms with Crippen LogP contribution in [-0.4, -0.2) is 14.9 Å². The van der Waals surface area contributed by atoms with Crippen LogP contribution in [-0.2, 0) is 19.1 Å². The second kappa shape index (κ2) is 4.78. The highest BCUT2D eigenvalue weighted by molar-refractivity contribution is 14.1. The summed E-state index contributed by atoms with van der Waals surface area (Å²) in [5.41, 5.74) is 1.12. The average Bonchev–Trinajstić information content (AvgIpc) is 2.63. The van der Waals surface area contributed by atoms with Crippen LogP contribution in [0.3, 0.4) is 0 Å². The molecule has 0 amide bonds. The molecule has 0 aliphatic carbocycles. The van der Waals surface area contributed by atoms with Gasteiger partial charge in [-0.25, -0.2) is 0 Å². The summed E-state index contributed by atoms with van der Waals surface area (Å²) in [6.45, 7) is 1.84. The molecule has 0 radical (unpaired) electrons. The van der Waals surface area contributed by atoms with Crippen molar-refractivity contribution in [1.82, 2.24) is 9.78 Å². The Labute approximate surface area is 115 Å². The molecular formula is C13H15IN2O. The molecule has 1 atom stereocenters. The third-order valence-corrected chi connectivity index (χ3v) is 3.49. The molecule has 0 spiro atoms. The third kappa shape index (κ3) is 3.07. The largest absolute Gasteiger partial charge is 0.385 e. The predicted octanol–water partition coefficient (Wildman–Crippen LogP) is 2.47. The number of benzene rings is 1. The van der Waals surface area contributed by atoms with Crippen LogP contribution in [0.5, 0.6) is 0 Å². The minimum Gasteiger partial charge on any atom is -0.385 e. The highest BCUT2D eigenvalue weighted by atomic mass is 127. The Morgan fingerprint density at radius 1 is 1.35 bits per heavy atom. The van der Waals surface area contributed by atoms with E-state index in [-0.39, 0.29) is 0 Å². The van der Waals surface area contributed by atoms with Crippen molar-refractivity contribution in [3.05, 3.63) is 51.4 Å². The van der Waals surface area contributed by atoms with Crippen molar-refractivity contribution in [2.24, 2.45) is 7.05 Å². The molecule has 0 saturated heterocycles. The van der Waals surface area contributed by atoms with Crippen molar-refractivity contribution in [2.75, 3.05) is 0 Å². The van der Waals surface area contributed by atoms with Crippen molar-refractivity contribution in [3.8, 4) is 0 Å². The number of aryl methyl sites for hydroxylation is 1. The average molecular weight is 342 g/mol. The monoisotopic (exact) mass is 342 g/mol. The zero-order chi connectivity index (χ0) is 12.5. The van der Waals surface area contributed by atoms with Crippen molar-refractivity contribution < 1.29 is 5.11 Å². The molecule has 0 aliphatic rings. The lowest BCUT2D eigenvalue weighted by atomic mass is 9.90. The van der Waals surface area contributed by atoms with Gasteiger partial charge in [0.05, 0.1) is 11.8 Å². The van der Waals surface area contributed by atoms with E-state index >= 15 is 0 Å². The molecule has 0 fully saturated rings. The van der Waals surface area contributed by atoms with Gasteiger partial charge >= 0.3 is 0 Å². The van der Waals surface area contributed by atoms with Crippen LogP contribution in [0.4, 0.5) is 0 Å². The number of hydrogen-bond acceptors (Lipinski definition) is 2. The van der Waals surface area contributed by atoms with Gasteiger partial charge in [-0.2, -0.15) is 5.10 Å². The fourth-order valence-corrected chi connectivity index (χ4v) is 2.23. The van der Waals surface area contributed by atoms with E-state index in [4.69, 9.17) is 0 Å². The Morgan fingerprint density at radius 2 is 2.00 bits per heavy atom. The van der Waals surface area contributed by atoms with Gasteiger partial charge in [0.1, 0.15) is 0 Å². The van der Waals surface area contributed by atoms with Gasteiger partial charge in [0.25, 0.3) is 0 Å². The maximum Gasteiger partial charge on any atom is 0.0909 e. The Kier molecular flexibility index (Phi) is 3.53. The van der Waals surface area contributed by atoms with E-state index in [1.165, 1.54) is 3.57 Å². The number of hydrogen-bond donors (Lipinski definition) is 1. The molecule has 1 N–H and O–H groups in total. The number of halogens is 1. The lowest BCUT2D eigenvalue weighted by Crippen LogP contribution is -2.24. The van der Waals surface area contributed by atoms with Crippen molar-refractivity contribution >= 4 is 22.6 Å². The molecule has 1 aromatic heterocycles. The molecule has 0 bridgehead atoms. The second-order valence-corrected chi connectivity index (χ2v) is 5.73. The first-order valence-corrected chi connectivity index (χ1v) is 6.51. The molecule has 2 aromatic rings. The number of rotatable bonds is 3. The highest BCUT2D eigenvalue weighted by Gasteiger charge is 2.23. The molecule has 1 aromatic carbocycles. The zero-order valence-corrected chi connectivity index (χ0v) is 12.0. The summed E-state index contributed by atoms with van der Waals surface area (Å²) < 4.78 is 2.92. The molecule has 4 heteroatoms. The van der Waals surface area contributed by atoms with Gasteiger partial charge in [0, 0.05) is 23.2 Å². The van der Waals surface area contributed by atoms with E-state index < -0.39 is 5.60 Å². The highest BCUT2D eigenvalue weighted by Crippen LogP contribution is 2.25. The topological polar surface area (TPSA) is 38.0 Å². The van der Waals surface area contributed by atoms with Crippen LogP contribution >= 0.6 is 22.6 Å². The molecular weight excluding hydrogens is 327 g/mol. The Hall–Kier alpha value is -0.880. The molecule has 0 saturated carbocycles. The second-order valence-electron chi connectivity index (χ2n) is 4.48. The fourth-order valence-electron chi connectivity index (χ4n) is 1.87.